The number of rotatable bonds is 6. The Morgan fingerprint density at radius 3 is 2.77 bits per heavy atom. The lowest BCUT2D eigenvalue weighted by Crippen LogP contribution is -2.09. The Morgan fingerprint density at radius 2 is 1.97 bits per heavy atom. The Morgan fingerprint density at radius 1 is 1.13 bits per heavy atom. The number of nitrogens with zero attached hydrogens (tertiary/aromatic N) is 6. The molecule has 3 aromatic heterocycles. The van der Waals surface area contributed by atoms with E-state index in [1.165, 1.54) is 12.1 Å². The van der Waals surface area contributed by atoms with Crippen LogP contribution in [-0.4, -0.2) is 43.2 Å². The summed E-state index contributed by atoms with van der Waals surface area (Å²) in [5.41, 5.74) is 5.71. The molecule has 0 fully saturated rings. The molecule has 0 bridgehead atoms. The molecule has 0 amide bonds. The Bertz CT molecular complexity index is 1230. The molecule has 1 aliphatic rings. The zero-order valence-corrected chi connectivity index (χ0v) is 17.3. The summed E-state index contributed by atoms with van der Waals surface area (Å²) >= 11 is 0. The van der Waals surface area contributed by atoms with Crippen molar-refractivity contribution in [1.82, 2.24) is 29.5 Å². The van der Waals surface area contributed by atoms with Crippen molar-refractivity contribution in [2.75, 3.05) is 19.0 Å². The van der Waals surface area contributed by atoms with Gasteiger partial charge in [0.25, 0.3) is 0 Å². The van der Waals surface area contributed by atoms with Crippen LogP contribution in [0.15, 0.2) is 42.7 Å². The van der Waals surface area contributed by atoms with Gasteiger partial charge >= 0.3 is 0 Å². The lowest BCUT2D eigenvalue weighted by molar-refractivity contribution is 0.183. The Hall–Kier alpha value is -3.59. The molecule has 1 aromatic carbocycles. The minimum absolute atomic E-state index is 0.265. The molecular formula is C22H22FN7O. The molecule has 8 nitrogen and oxygen atoms in total. The first-order chi connectivity index (χ1) is 15.1. The molecule has 4 aromatic rings. The summed E-state index contributed by atoms with van der Waals surface area (Å²) in [6.45, 7) is 1.26. The van der Waals surface area contributed by atoms with Gasteiger partial charge in [0.1, 0.15) is 5.82 Å². The maximum absolute atomic E-state index is 13.5. The topological polar surface area (TPSA) is 82.7 Å². The number of hydrogen-bond donors (Lipinski definition) is 1. The Labute approximate surface area is 178 Å². The highest BCUT2D eigenvalue weighted by Gasteiger charge is 2.27. The SMILES string of the molecule is COCCn1ccc(Nc2ncc3c(n2)-c2c(nn(C)c2-c2ccc(F)cc2)CC3)n1. The molecule has 0 atom stereocenters. The molecule has 0 unspecified atom stereocenters. The van der Waals surface area contributed by atoms with Gasteiger partial charge in [0.15, 0.2) is 5.82 Å². The summed E-state index contributed by atoms with van der Waals surface area (Å²) in [5, 5.41) is 12.4. The fourth-order valence-corrected chi connectivity index (χ4v) is 3.91. The van der Waals surface area contributed by atoms with E-state index < -0.39 is 0 Å². The minimum atomic E-state index is -0.265. The molecule has 5 rings (SSSR count). The van der Waals surface area contributed by atoms with Crippen molar-refractivity contribution in [3.63, 3.8) is 0 Å². The predicted molar refractivity (Wildman–Crippen MR) is 114 cm³/mol. The molecule has 31 heavy (non-hydrogen) atoms. The summed E-state index contributed by atoms with van der Waals surface area (Å²) in [6.07, 6.45) is 5.38. The first-order valence-corrected chi connectivity index (χ1v) is 10.1. The number of methoxy groups -OCH3 is 1. The van der Waals surface area contributed by atoms with E-state index in [-0.39, 0.29) is 5.82 Å². The van der Waals surface area contributed by atoms with Crippen LogP contribution in [0.5, 0.6) is 0 Å². The van der Waals surface area contributed by atoms with Crippen LogP contribution in [0.3, 0.4) is 0 Å². The van der Waals surface area contributed by atoms with E-state index in [4.69, 9.17) is 14.8 Å². The highest BCUT2D eigenvalue weighted by molar-refractivity contribution is 5.84. The Kier molecular flexibility index (Phi) is 4.95. The second kappa shape index (κ2) is 7.92. The monoisotopic (exact) mass is 419 g/mol. The van der Waals surface area contributed by atoms with Gasteiger partial charge in [-0.15, -0.1) is 0 Å². The van der Waals surface area contributed by atoms with Crippen LogP contribution in [0, 0.1) is 5.82 Å². The van der Waals surface area contributed by atoms with Gasteiger partial charge in [0, 0.05) is 43.7 Å². The van der Waals surface area contributed by atoms with Gasteiger partial charge in [-0.05, 0) is 42.7 Å². The summed E-state index contributed by atoms with van der Waals surface area (Å²) < 4.78 is 22.2. The van der Waals surface area contributed by atoms with Crippen molar-refractivity contribution < 1.29 is 9.13 Å². The molecule has 0 saturated carbocycles. The second-order valence-electron chi connectivity index (χ2n) is 7.45. The minimum Gasteiger partial charge on any atom is -0.383 e. The van der Waals surface area contributed by atoms with E-state index in [1.807, 2.05) is 30.2 Å². The van der Waals surface area contributed by atoms with Gasteiger partial charge < -0.3 is 10.1 Å². The highest BCUT2D eigenvalue weighted by Crippen LogP contribution is 2.39. The first kappa shape index (κ1) is 19.4. The molecule has 3 heterocycles. The molecule has 9 heteroatoms. The number of aromatic nitrogens is 6. The number of anilines is 2. The van der Waals surface area contributed by atoms with Gasteiger partial charge in [-0.3, -0.25) is 9.36 Å². The van der Waals surface area contributed by atoms with E-state index >= 15 is 0 Å². The fourth-order valence-electron chi connectivity index (χ4n) is 3.91. The van der Waals surface area contributed by atoms with Crippen molar-refractivity contribution in [3.05, 3.63) is 59.8 Å². The van der Waals surface area contributed by atoms with Crippen LogP contribution in [0.25, 0.3) is 22.5 Å². The molecule has 0 saturated heterocycles. The number of ether oxygens (including phenoxy) is 1. The first-order valence-electron chi connectivity index (χ1n) is 10.1. The maximum Gasteiger partial charge on any atom is 0.228 e. The van der Waals surface area contributed by atoms with Crippen LogP contribution in [0.2, 0.25) is 0 Å². The standard InChI is InChI=1S/C22H22FN7O/c1-29-21(14-3-6-16(23)7-4-14)19-17(27-29)8-5-15-13-24-22(26-20(15)19)25-18-9-10-30(28-18)11-12-31-2/h3-4,6-7,9-10,13H,5,8,11-12H2,1-2H3,(H,24,25,26,28). The van der Waals surface area contributed by atoms with Crippen molar-refractivity contribution in [2.45, 2.75) is 19.4 Å². The van der Waals surface area contributed by atoms with Crippen LogP contribution in [0.1, 0.15) is 11.3 Å². The molecule has 1 N–H and O–H groups in total. The van der Waals surface area contributed by atoms with Crippen molar-refractivity contribution in [1.29, 1.82) is 0 Å². The smallest absolute Gasteiger partial charge is 0.228 e. The van der Waals surface area contributed by atoms with Crippen molar-refractivity contribution >= 4 is 11.8 Å². The summed E-state index contributed by atoms with van der Waals surface area (Å²) in [5.74, 6) is 0.869. The normalized spacial score (nSPS) is 12.5. The lowest BCUT2D eigenvalue weighted by Gasteiger charge is -2.16. The van der Waals surface area contributed by atoms with E-state index in [9.17, 15) is 4.39 Å². The van der Waals surface area contributed by atoms with E-state index in [0.29, 0.717) is 24.9 Å². The van der Waals surface area contributed by atoms with Crippen molar-refractivity contribution in [2.24, 2.45) is 7.05 Å². The molecule has 0 aliphatic heterocycles. The van der Waals surface area contributed by atoms with Gasteiger partial charge in [0.05, 0.1) is 30.2 Å². The van der Waals surface area contributed by atoms with E-state index in [0.717, 1.165) is 46.6 Å². The average molecular weight is 419 g/mol. The average Bonchev–Trinajstić information content (AvgIpc) is 3.36. The third-order valence-electron chi connectivity index (χ3n) is 5.37. The van der Waals surface area contributed by atoms with Crippen molar-refractivity contribution in [3.8, 4) is 22.5 Å². The summed E-state index contributed by atoms with van der Waals surface area (Å²) in [7, 11) is 3.57. The molecular weight excluding hydrogens is 397 g/mol. The number of nitrogens with one attached hydrogen (secondary N) is 1. The zero-order valence-electron chi connectivity index (χ0n) is 17.3. The summed E-state index contributed by atoms with van der Waals surface area (Å²) in [6, 6.07) is 8.34. The van der Waals surface area contributed by atoms with Gasteiger partial charge in [-0.1, -0.05) is 0 Å². The number of halogens is 1. The number of fused-ring (bicyclic) bond motifs is 3. The third kappa shape index (κ3) is 3.68. The van der Waals surface area contributed by atoms with Crippen LogP contribution in [-0.2, 0) is 31.2 Å². The van der Waals surface area contributed by atoms with Gasteiger partial charge in [0.2, 0.25) is 5.95 Å². The zero-order chi connectivity index (χ0) is 21.4. The largest absolute Gasteiger partial charge is 0.383 e. The number of aryl methyl sites for hydroxylation is 3. The lowest BCUT2D eigenvalue weighted by atomic mass is 9.91. The molecule has 1 aliphatic carbocycles. The molecule has 158 valence electrons. The van der Waals surface area contributed by atoms with Crippen LogP contribution >= 0.6 is 0 Å². The molecule has 0 spiro atoms. The van der Waals surface area contributed by atoms with Crippen LogP contribution < -0.4 is 5.32 Å². The number of hydrogen-bond acceptors (Lipinski definition) is 6. The highest BCUT2D eigenvalue weighted by atomic mass is 19.1. The fraction of sp³-hybridized carbons (Fsp3) is 0.273. The quantitative estimate of drug-likeness (QED) is 0.516. The van der Waals surface area contributed by atoms with E-state index in [1.54, 1.807) is 23.9 Å². The van der Waals surface area contributed by atoms with Gasteiger partial charge in [-0.2, -0.15) is 10.2 Å². The maximum atomic E-state index is 13.5. The summed E-state index contributed by atoms with van der Waals surface area (Å²) in [4.78, 5) is 9.29. The Balaban J connectivity index is 1.51. The number of benzene rings is 1. The molecule has 0 radical (unpaired) electrons. The second-order valence-corrected chi connectivity index (χ2v) is 7.45. The van der Waals surface area contributed by atoms with E-state index in [2.05, 4.69) is 15.4 Å². The predicted octanol–water partition coefficient (Wildman–Crippen LogP) is 3.37. The van der Waals surface area contributed by atoms with Gasteiger partial charge in [-0.25, -0.2) is 14.4 Å². The third-order valence-corrected chi connectivity index (χ3v) is 5.37. The van der Waals surface area contributed by atoms with Crippen LogP contribution in [0.4, 0.5) is 16.2 Å².